The Morgan fingerprint density at radius 2 is 1.63 bits per heavy atom. The zero-order chi connectivity index (χ0) is 20.0. The van der Waals surface area contributed by atoms with Crippen LogP contribution >= 0.6 is 0 Å². The lowest BCUT2D eigenvalue weighted by atomic mass is 10.1. The molecule has 0 atom stereocenters. The molecule has 0 saturated heterocycles. The van der Waals surface area contributed by atoms with Crippen molar-refractivity contribution >= 4 is 17.4 Å². The number of carbonyl (C=O) groups excluding carboxylic acids is 1. The summed E-state index contributed by atoms with van der Waals surface area (Å²) in [5.74, 6) is -1.48. The molecule has 1 N–H and O–H groups in total. The Morgan fingerprint density at radius 3 is 2.15 bits per heavy atom. The van der Waals surface area contributed by atoms with Crippen LogP contribution in [0, 0.1) is 6.92 Å². The highest BCUT2D eigenvalue weighted by atomic mass is 19.4. The van der Waals surface area contributed by atoms with Crippen molar-refractivity contribution in [1.82, 2.24) is 19.6 Å². The molecule has 0 aliphatic carbocycles. The van der Waals surface area contributed by atoms with E-state index >= 15 is 0 Å². The molecule has 1 aromatic carbocycles. The molecule has 27 heavy (non-hydrogen) atoms. The van der Waals surface area contributed by atoms with Crippen molar-refractivity contribution in [2.75, 3.05) is 5.32 Å². The second-order valence-corrected chi connectivity index (χ2v) is 5.48. The van der Waals surface area contributed by atoms with Crippen molar-refractivity contribution in [3.63, 3.8) is 0 Å². The van der Waals surface area contributed by atoms with Gasteiger partial charge in [0.05, 0.1) is 11.1 Å². The smallest absolute Gasteiger partial charge is 0.319 e. The van der Waals surface area contributed by atoms with Crippen LogP contribution in [0.2, 0.25) is 0 Å². The van der Waals surface area contributed by atoms with Gasteiger partial charge in [-0.05, 0) is 31.2 Å². The monoisotopic (exact) mass is 389 g/mol. The summed E-state index contributed by atoms with van der Waals surface area (Å²) >= 11 is 0. The Balaban J connectivity index is 1.98. The molecule has 0 aliphatic rings. The van der Waals surface area contributed by atoms with Gasteiger partial charge in [-0.15, -0.1) is 5.10 Å². The lowest BCUT2D eigenvalue weighted by Crippen LogP contribution is -2.17. The molecular formula is C15H9F6N5O. The van der Waals surface area contributed by atoms with E-state index in [4.69, 9.17) is 0 Å². The largest absolute Gasteiger partial charge is 0.416 e. The summed E-state index contributed by atoms with van der Waals surface area (Å²) in [6, 6.07) is 2.33. The molecule has 0 radical (unpaired) electrons. The van der Waals surface area contributed by atoms with Crippen LogP contribution in [0.3, 0.4) is 0 Å². The maximum atomic E-state index is 12.9. The predicted octanol–water partition coefficient (Wildman–Crippen LogP) is 3.72. The fourth-order valence-corrected chi connectivity index (χ4v) is 2.22. The van der Waals surface area contributed by atoms with Crippen molar-refractivity contribution < 1.29 is 31.1 Å². The van der Waals surface area contributed by atoms with Crippen molar-refractivity contribution in [3.8, 4) is 0 Å². The van der Waals surface area contributed by atoms with Gasteiger partial charge >= 0.3 is 12.4 Å². The minimum Gasteiger partial charge on any atom is -0.319 e. The fraction of sp³-hybridized carbons (Fsp3) is 0.200. The number of halogens is 6. The number of aryl methyl sites for hydroxylation is 1. The standard InChI is InChI=1S/C15H9F6N5O/c1-7-2-3-22-13-24-11(25-26(7)13)12(27)23-10-5-8(14(16,17)18)4-9(6-10)15(19,20)21/h2-6H,1H3,(H,23,27). The third-order valence-electron chi connectivity index (χ3n) is 3.48. The van der Waals surface area contributed by atoms with Gasteiger partial charge in [0.1, 0.15) is 0 Å². The Morgan fingerprint density at radius 1 is 1.04 bits per heavy atom. The number of rotatable bonds is 2. The van der Waals surface area contributed by atoms with E-state index in [1.165, 1.54) is 10.7 Å². The number of anilines is 1. The van der Waals surface area contributed by atoms with Crippen LogP contribution in [0.4, 0.5) is 32.0 Å². The number of amides is 1. The minimum atomic E-state index is -5.02. The van der Waals surface area contributed by atoms with E-state index in [0.717, 1.165) is 0 Å². The summed E-state index contributed by atoms with van der Waals surface area (Å²) in [7, 11) is 0. The van der Waals surface area contributed by atoms with Crippen LogP contribution in [-0.2, 0) is 12.4 Å². The molecular weight excluding hydrogens is 380 g/mol. The van der Waals surface area contributed by atoms with E-state index in [1.807, 2.05) is 5.32 Å². The number of benzene rings is 1. The van der Waals surface area contributed by atoms with Gasteiger partial charge in [-0.25, -0.2) is 9.50 Å². The second-order valence-electron chi connectivity index (χ2n) is 5.48. The van der Waals surface area contributed by atoms with Gasteiger partial charge in [-0.2, -0.15) is 31.3 Å². The number of carbonyl (C=O) groups is 1. The van der Waals surface area contributed by atoms with Crippen LogP contribution in [0.15, 0.2) is 30.5 Å². The van der Waals surface area contributed by atoms with Crippen molar-refractivity contribution in [2.45, 2.75) is 19.3 Å². The molecule has 142 valence electrons. The van der Waals surface area contributed by atoms with E-state index in [9.17, 15) is 31.1 Å². The van der Waals surface area contributed by atoms with Crippen LogP contribution in [0.25, 0.3) is 5.78 Å². The van der Waals surface area contributed by atoms with Gasteiger partial charge in [-0.1, -0.05) is 0 Å². The fourth-order valence-electron chi connectivity index (χ4n) is 2.22. The van der Waals surface area contributed by atoms with E-state index < -0.39 is 40.9 Å². The zero-order valence-electron chi connectivity index (χ0n) is 13.4. The highest BCUT2D eigenvalue weighted by Crippen LogP contribution is 2.37. The molecule has 0 bridgehead atoms. The van der Waals surface area contributed by atoms with E-state index in [2.05, 4.69) is 15.1 Å². The van der Waals surface area contributed by atoms with Crippen LogP contribution in [0.5, 0.6) is 0 Å². The topological polar surface area (TPSA) is 72.2 Å². The second kappa shape index (κ2) is 6.21. The van der Waals surface area contributed by atoms with Crippen LogP contribution < -0.4 is 5.32 Å². The summed E-state index contributed by atoms with van der Waals surface area (Å²) in [6.45, 7) is 1.65. The normalized spacial score (nSPS) is 12.4. The molecule has 2 aromatic heterocycles. The molecule has 3 rings (SSSR count). The molecule has 0 saturated carbocycles. The first-order valence-electron chi connectivity index (χ1n) is 7.24. The van der Waals surface area contributed by atoms with Gasteiger partial charge in [-0.3, -0.25) is 4.79 Å². The number of hydrogen-bond donors (Lipinski definition) is 1. The lowest BCUT2D eigenvalue weighted by molar-refractivity contribution is -0.143. The average molecular weight is 389 g/mol. The van der Waals surface area contributed by atoms with E-state index in [0.29, 0.717) is 17.8 Å². The molecule has 12 heteroatoms. The van der Waals surface area contributed by atoms with Crippen LogP contribution in [0.1, 0.15) is 27.4 Å². The maximum absolute atomic E-state index is 12.9. The molecule has 3 aromatic rings. The number of alkyl halides is 6. The molecule has 0 fully saturated rings. The summed E-state index contributed by atoms with van der Waals surface area (Å²) in [4.78, 5) is 19.8. The molecule has 0 spiro atoms. The third-order valence-corrected chi connectivity index (χ3v) is 3.48. The molecule has 6 nitrogen and oxygen atoms in total. The van der Waals surface area contributed by atoms with Gasteiger partial charge in [0.15, 0.2) is 0 Å². The SMILES string of the molecule is Cc1ccnc2nc(C(=O)Nc3cc(C(F)(F)F)cc(C(F)(F)F)c3)nn12. The van der Waals surface area contributed by atoms with Crippen molar-refractivity contribution in [3.05, 3.63) is 53.1 Å². The molecule has 0 aliphatic heterocycles. The highest BCUT2D eigenvalue weighted by Gasteiger charge is 2.37. The summed E-state index contributed by atoms with van der Waals surface area (Å²) < 4.78 is 78.4. The maximum Gasteiger partial charge on any atom is 0.416 e. The number of nitrogens with one attached hydrogen (secondary N) is 1. The van der Waals surface area contributed by atoms with Crippen molar-refractivity contribution in [1.29, 1.82) is 0 Å². The van der Waals surface area contributed by atoms with Gasteiger partial charge < -0.3 is 5.32 Å². The average Bonchev–Trinajstić information content (AvgIpc) is 2.99. The Labute approximate surface area is 146 Å². The minimum absolute atomic E-state index is 0.0356. The zero-order valence-corrected chi connectivity index (χ0v) is 13.4. The van der Waals surface area contributed by atoms with Gasteiger partial charge in [0.2, 0.25) is 5.82 Å². The van der Waals surface area contributed by atoms with E-state index in [1.54, 1.807) is 13.0 Å². The molecule has 0 unspecified atom stereocenters. The van der Waals surface area contributed by atoms with Crippen molar-refractivity contribution in [2.24, 2.45) is 0 Å². The Bertz CT molecular complexity index is 991. The first-order chi connectivity index (χ1) is 12.4. The highest BCUT2D eigenvalue weighted by molar-refractivity contribution is 6.01. The van der Waals surface area contributed by atoms with E-state index in [-0.39, 0.29) is 11.8 Å². The summed E-state index contributed by atoms with van der Waals surface area (Å²) in [5.41, 5.74) is -3.21. The lowest BCUT2D eigenvalue weighted by Gasteiger charge is -2.14. The number of aromatic nitrogens is 4. The number of nitrogens with zero attached hydrogens (tertiary/aromatic N) is 4. The third kappa shape index (κ3) is 3.83. The first kappa shape index (κ1) is 18.6. The Kier molecular flexibility index (Phi) is 4.28. The molecule has 1 amide bonds. The first-order valence-corrected chi connectivity index (χ1v) is 7.24. The number of fused-ring (bicyclic) bond motifs is 1. The Hall–Kier alpha value is -3.18. The molecule has 2 heterocycles. The number of hydrogen-bond acceptors (Lipinski definition) is 4. The van der Waals surface area contributed by atoms with Crippen LogP contribution in [-0.4, -0.2) is 25.5 Å². The predicted molar refractivity (Wildman–Crippen MR) is 79.9 cm³/mol. The summed E-state index contributed by atoms with van der Waals surface area (Å²) in [5, 5.41) is 5.80. The summed E-state index contributed by atoms with van der Waals surface area (Å²) in [6.07, 6.45) is -8.64. The van der Waals surface area contributed by atoms with Gasteiger partial charge in [0, 0.05) is 17.6 Å². The van der Waals surface area contributed by atoms with Gasteiger partial charge in [0.25, 0.3) is 11.7 Å². The quantitative estimate of drug-likeness (QED) is 0.678.